The molecule has 0 unspecified atom stereocenters. The standard InChI is InChI=1S/C14H20N2OS/c1-2-12-10-16-14(18-12)7-8-15-13(17)9-11-5-3-4-6-11/h3,5,10-11H,2,4,6-9H2,1H3,(H,15,17)/t11-/m1/s1. The fourth-order valence-electron chi connectivity index (χ4n) is 2.11. The molecule has 1 aliphatic rings. The average molecular weight is 264 g/mol. The summed E-state index contributed by atoms with van der Waals surface area (Å²) in [4.78, 5) is 17.3. The molecule has 0 bridgehead atoms. The summed E-state index contributed by atoms with van der Waals surface area (Å²) in [5.74, 6) is 0.621. The predicted molar refractivity (Wildman–Crippen MR) is 74.7 cm³/mol. The number of amides is 1. The number of rotatable bonds is 6. The Hall–Kier alpha value is -1.16. The van der Waals surface area contributed by atoms with E-state index in [2.05, 4.69) is 29.4 Å². The summed E-state index contributed by atoms with van der Waals surface area (Å²) in [6.07, 6.45) is 11.0. The number of hydrogen-bond acceptors (Lipinski definition) is 3. The minimum absolute atomic E-state index is 0.166. The SMILES string of the molecule is CCc1cnc(CCNC(=O)C[C@@H]2C=CCC2)s1. The molecule has 1 N–H and O–H groups in total. The van der Waals surface area contributed by atoms with Crippen molar-refractivity contribution >= 4 is 17.2 Å². The van der Waals surface area contributed by atoms with Crippen LogP contribution in [0.15, 0.2) is 18.3 Å². The van der Waals surface area contributed by atoms with Gasteiger partial charge in [0.05, 0.1) is 5.01 Å². The quantitative estimate of drug-likeness (QED) is 0.803. The lowest BCUT2D eigenvalue weighted by Crippen LogP contribution is -2.26. The number of aromatic nitrogens is 1. The Balaban J connectivity index is 1.65. The first-order valence-electron chi connectivity index (χ1n) is 6.65. The van der Waals surface area contributed by atoms with E-state index in [0.29, 0.717) is 18.9 Å². The molecule has 18 heavy (non-hydrogen) atoms. The zero-order valence-corrected chi connectivity index (χ0v) is 11.6. The van der Waals surface area contributed by atoms with E-state index in [-0.39, 0.29) is 5.91 Å². The first-order chi connectivity index (χ1) is 8.78. The minimum Gasteiger partial charge on any atom is -0.356 e. The van der Waals surface area contributed by atoms with Crippen molar-refractivity contribution in [3.05, 3.63) is 28.2 Å². The van der Waals surface area contributed by atoms with Crippen LogP contribution in [0.4, 0.5) is 0 Å². The molecule has 1 amide bonds. The highest BCUT2D eigenvalue weighted by molar-refractivity contribution is 7.11. The van der Waals surface area contributed by atoms with Gasteiger partial charge in [0.1, 0.15) is 0 Å². The molecule has 3 nitrogen and oxygen atoms in total. The van der Waals surface area contributed by atoms with Gasteiger partial charge >= 0.3 is 0 Å². The topological polar surface area (TPSA) is 42.0 Å². The molecule has 1 aliphatic carbocycles. The van der Waals surface area contributed by atoms with E-state index in [0.717, 1.165) is 30.7 Å². The number of carbonyl (C=O) groups excluding carboxylic acids is 1. The van der Waals surface area contributed by atoms with Crippen LogP contribution in [-0.4, -0.2) is 17.4 Å². The zero-order chi connectivity index (χ0) is 12.8. The van der Waals surface area contributed by atoms with Crippen molar-refractivity contribution in [3.63, 3.8) is 0 Å². The van der Waals surface area contributed by atoms with Crippen molar-refractivity contribution in [2.45, 2.75) is 39.0 Å². The number of thiazole rings is 1. The molecule has 98 valence electrons. The number of aryl methyl sites for hydroxylation is 1. The van der Waals surface area contributed by atoms with Crippen LogP contribution in [0.1, 0.15) is 36.1 Å². The second kappa shape index (κ2) is 6.69. The van der Waals surface area contributed by atoms with Crippen LogP contribution in [0, 0.1) is 5.92 Å². The molecule has 1 heterocycles. The highest BCUT2D eigenvalue weighted by atomic mass is 32.1. The van der Waals surface area contributed by atoms with E-state index < -0.39 is 0 Å². The Labute approximate surface area is 112 Å². The van der Waals surface area contributed by atoms with Crippen LogP contribution in [0.25, 0.3) is 0 Å². The number of carbonyl (C=O) groups is 1. The molecule has 0 saturated heterocycles. The van der Waals surface area contributed by atoms with E-state index in [9.17, 15) is 4.79 Å². The normalized spacial score (nSPS) is 18.2. The van der Waals surface area contributed by atoms with E-state index >= 15 is 0 Å². The molecule has 0 aromatic carbocycles. The van der Waals surface area contributed by atoms with Gasteiger partial charge in [0.25, 0.3) is 0 Å². The molecule has 2 rings (SSSR count). The molecule has 1 atom stereocenters. The van der Waals surface area contributed by atoms with Gasteiger partial charge in [-0.3, -0.25) is 4.79 Å². The van der Waals surface area contributed by atoms with Gasteiger partial charge < -0.3 is 5.32 Å². The largest absolute Gasteiger partial charge is 0.356 e. The number of allylic oxidation sites excluding steroid dienone is 2. The third-order valence-electron chi connectivity index (χ3n) is 3.17. The van der Waals surface area contributed by atoms with E-state index in [1.807, 2.05) is 6.20 Å². The summed E-state index contributed by atoms with van der Waals surface area (Å²) < 4.78 is 0. The maximum atomic E-state index is 11.7. The number of hydrogen-bond donors (Lipinski definition) is 1. The Morgan fingerprint density at radius 1 is 1.61 bits per heavy atom. The highest BCUT2D eigenvalue weighted by Gasteiger charge is 2.13. The van der Waals surface area contributed by atoms with Crippen LogP contribution in [-0.2, 0) is 17.6 Å². The van der Waals surface area contributed by atoms with Crippen molar-refractivity contribution in [1.29, 1.82) is 0 Å². The molecule has 4 heteroatoms. The van der Waals surface area contributed by atoms with Crippen LogP contribution < -0.4 is 5.32 Å². The molecule has 1 aromatic heterocycles. The summed E-state index contributed by atoms with van der Waals surface area (Å²) in [6, 6.07) is 0. The highest BCUT2D eigenvalue weighted by Crippen LogP contribution is 2.20. The lowest BCUT2D eigenvalue weighted by Gasteiger charge is -2.07. The predicted octanol–water partition coefficient (Wildman–Crippen LogP) is 2.72. The maximum Gasteiger partial charge on any atom is 0.220 e. The Bertz CT molecular complexity index is 425. The lowest BCUT2D eigenvalue weighted by atomic mass is 10.1. The second-order valence-electron chi connectivity index (χ2n) is 4.64. The van der Waals surface area contributed by atoms with Crippen molar-refractivity contribution in [2.24, 2.45) is 5.92 Å². The maximum absolute atomic E-state index is 11.7. The fourth-order valence-corrected chi connectivity index (χ4v) is 2.97. The minimum atomic E-state index is 0.166. The first kappa shape index (κ1) is 13.3. The van der Waals surface area contributed by atoms with Crippen LogP contribution in [0.5, 0.6) is 0 Å². The second-order valence-corrected chi connectivity index (χ2v) is 5.84. The molecule has 1 aromatic rings. The van der Waals surface area contributed by atoms with Gasteiger partial charge in [-0.25, -0.2) is 4.98 Å². The Morgan fingerprint density at radius 2 is 2.50 bits per heavy atom. The smallest absolute Gasteiger partial charge is 0.220 e. The molecule has 0 fully saturated rings. The average Bonchev–Trinajstić information content (AvgIpc) is 3.00. The van der Waals surface area contributed by atoms with Gasteiger partial charge in [0.15, 0.2) is 0 Å². The molecule has 0 radical (unpaired) electrons. The molecule has 0 aliphatic heterocycles. The fraction of sp³-hybridized carbons (Fsp3) is 0.571. The van der Waals surface area contributed by atoms with E-state index in [1.165, 1.54) is 4.88 Å². The third-order valence-corrected chi connectivity index (χ3v) is 4.37. The summed E-state index contributed by atoms with van der Waals surface area (Å²) >= 11 is 1.74. The van der Waals surface area contributed by atoms with Gasteiger partial charge in [-0.05, 0) is 25.2 Å². The summed E-state index contributed by atoms with van der Waals surface area (Å²) in [7, 11) is 0. The zero-order valence-electron chi connectivity index (χ0n) is 10.8. The van der Waals surface area contributed by atoms with Crippen molar-refractivity contribution in [2.75, 3.05) is 6.54 Å². The van der Waals surface area contributed by atoms with Crippen molar-refractivity contribution in [3.8, 4) is 0 Å². The third kappa shape index (κ3) is 3.95. The Morgan fingerprint density at radius 3 is 3.17 bits per heavy atom. The van der Waals surface area contributed by atoms with Crippen molar-refractivity contribution in [1.82, 2.24) is 10.3 Å². The first-order valence-corrected chi connectivity index (χ1v) is 7.46. The van der Waals surface area contributed by atoms with Crippen LogP contribution in [0.2, 0.25) is 0 Å². The summed E-state index contributed by atoms with van der Waals surface area (Å²) in [5, 5.41) is 4.10. The van der Waals surface area contributed by atoms with Gasteiger partial charge in [0.2, 0.25) is 5.91 Å². The number of nitrogens with one attached hydrogen (secondary N) is 1. The molecular weight excluding hydrogens is 244 g/mol. The summed E-state index contributed by atoms with van der Waals surface area (Å²) in [6.45, 7) is 2.83. The molecule has 0 saturated carbocycles. The molecular formula is C14H20N2OS. The van der Waals surface area contributed by atoms with E-state index in [1.54, 1.807) is 11.3 Å². The van der Waals surface area contributed by atoms with Gasteiger partial charge in [-0.1, -0.05) is 19.1 Å². The lowest BCUT2D eigenvalue weighted by molar-refractivity contribution is -0.121. The summed E-state index contributed by atoms with van der Waals surface area (Å²) in [5.41, 5.74) is 0. The van der Waals surface area contributed by atoms with Crippen LogP contribution in [0.3, 0.4) is 0 Å². The van der Waals surface area contributed by atoms with Crippen LogP contribution >= 0.6 is 11.3 Å². The van der Waals surface area contributed by atoms with Gasteiger partial charge in [0, 0.05) is 30.5 Å². The number of nitrogens with zero attached hydrogens (tertiary/aromatic N) is 1. The van der Waals surface area contributed by atoms with Crippen molar-refractivity contribution < 1.29 is 4.79 Å². The Kier molecular flexibility index (Phi) is 4.93. The van der Waals surface area contributed by atoms with Gasteiger partial charge in [-0.15, -0.1) is 11.3 Å². The molecule has 0 spiro atoms. The monoisotopic (exact) mass is 264 g/mol. The van der Waals surface area contributed by atoms with E-state index in [4.69, 9.17) is 0 Å². The van der Waals surface area contributed by atoms with Gasteiger partial charge in [-0.2, -0.15) is 0 Å².